The van der Waals surface area contributed by atoms with E-state index in [4.69, 9.17) is 5.10 Å². The minimum absolute atomic E-state index is 0.556. The third-order valence-electron chi connectivity index (χ3n) is 5.87. The van der Waals surface area contributed by atoms with E-state index in [0.29, 0.717) is 11.8 Å². The highest BCUT2D eigenvalue weighted by molar-refractivity contribution is 7.07. The Morgan fingerprint density at radius 1 is 0.929 bits per heavy atom. The first-order valence-electron chi connectivity index (χ1n) is 9.84. The summed E-state index contributed by atoms with van der Waals surface area (Å²) in [6.45, 7) is 0. The van der Waals surface area contributed by atoms with E-state index >= 15 is 0 Å². The van der Waals surface area contributed by atoms with Gasteiger partial charge in [0.1, 0.15) is 0 Å². The van der Waals surface area contributed by atoms with Crippen molar-refractivity contribution in [2.24, 2.45) is 27.8 Å². The Bertz CT molecular complexity index is 1090. The lowest BCUT2D eigenvalue weighted by Gasteiger charge is -2.12. The third kappa shape index (κ3) is 3.18. The molecule has 0 saturated heterocycles. The highest BCUT2D eigenvalue weighted by Crippen LogP contribution is 2.42. The van der Waals surface area contributed by atoms with Crippen molar-refractivity contribution in [1.82, 2.24) is 4.68 Å². The van der Waals surface area contributed by atoms with Crippen LogP contribution in [0.5, 0.6) is 0 Å². The molecular weight excluding hydrogens is 362 g/mol. The number of hydrogen-bond donors (Lipinski definition) is 0. The molecule has 0 aliphatic heterocycles. The maximum Gasteiger partial charge on any atom is 0.205 e. The number of rotatable bonds is 4. The fraction of sp³-hybridized carbons (Fsp3) is 0.250. The van der Waals surface area contributed by atoms with Gasteiger partial charge in [0, 0.05) is 30.1 Å². The molecule has 3 nitrogen and oxygen atoms in total. The second kappa shape index (κ2) is 7.36. The van der Waals surface area contributed by atoms with E-state index in [2.05, 4.69) is 77.3 Å². The van der Waals surface area contributed by atoms with E-state index in [1.54, 1.807) is 11.3 Å². The summed E-state index contributed by atoms with van der Waals surface area (Å²) in [5.74, 6) is 1.98. The molecular formula is C24H23N3S. The fourth-order valence-electron chi connectivity index (χ4n) is 4.37. The summed E-state index contributed by atoms with van der Waals surface area (Å²) in [6.07, 6.45) is 9.42. The minimum Gasteiger partial charge on any atom is -0.261 e. The van der Waals surface area contributed by atoms with Crippen molar-refractivity contribution in [3.8, 4) is 22.4 Å². The first kappa shape index (κ1) is 17.4. The molecule has 0 radical (unpaired) electrons. The molecule has 0 amide bonds. The molecule has 0 spiro atoms. The second-order valence-corrected chi connectivity index (χ2v) is 8.43. The topological polar surface area (TPSA) is 29.6 Å². The van der Waals surface area contributed by atoms with Crippen molar-refractivity contribution in [1.29, 1.82) is 0 Å². The summed E-state index contributed by atoms with van der Waals surface area (Å²) in [4.78, 5) is 5.36. The molecule has 2 aliphatic carbocycles. The molecule has 5 rings (SSSR count). The molecule has 0 N–H and O–H groups in total. The highest BCUT2D eigenvalue weighted by atomic mass is 32.1. The molecule has 4 heteroatoms. The van der Waals surface area contributed by atoms with E-state index in [1.165, 1.54) is 24.0 Å². The highest BCUT2D eigenvalue weighted by Gasteiger charge is 2.34. The summed E-state index contributed by atoms with van der Waals surface area (Å²) in [6, 6.07) is 19.2. The maximum absolute atomic E-state index is 4.87. The Morgan fingerprint density at radius 3 is 2.36 bits per heavy atom. The standard InChI is InChI=1S/C24H23N3S/c1-25-24-27(26-15-22-14-17-7-8-21(22)13-17)23(16-28-24)20-11-9-19(10-12-20)18-5-3-2-4-6-18/h2-12,15-17,21-22H,13-14H2,1H3. The van der Waals surface area contributed by atoms with Gasteiger partial charge in [0.2, 0.25) is 4.80 Å². The summed E-state index contributed by atoms with van der Waals surface area (Å²) in [5.41, 5.74) is 4.72. The van der Waals surface area contributed by atoms with Gasteiger partial charge in [-0.1, -0.05) is 66.7 Å². The Kier molecular flexibility index (Phi) is 4.57. The van der Waals surface area contributed by atoms with Crippen LogP contribution in [0.4, 0.5) is 0 Å². The van der Waals surface area contributed by atoms with Gasteiger partial charge in [0.15, 0.2) is 0 Å². The van der Waals surface area contributed by atoms with Crippen LogP contribution in [0.2, 0.25) is 0 Å². The molecule has 3 atom stereocenters. The molecule has 2 aliphatic rings. The third-order valence-corrected chi connectivity index (χ3v) is 6.78. The van der Waals surface area contributed by atoms with Crippen molar-refractivity contribution in [2.45, 2.75) is 12.8 Å². The lowest BCUT2D eigenvalue weighted by atomic mass is 9.95. The zero-order valence-electron chi connectivity index (χ0n) is 15.9. The second-order valence-electron chi connectivity index (χ2n) is 7.59. The molecule has 1 heterocycles. The first-order chi connectivity index (χ1) is 13.8. The molecule has 28 heavy (non-hydrogen) atoms. The molecule has 1 saturated carbocycles. The number of allylic oxidation sites excluding steroid dienone is 2. The average Bonchev–Trinajstić information content (AvgIpc) is 3.48. The SMILES string of the molecule is CN=c1scc(-c2ccc(-c3ccccc3)cc2)n1N=CC1CC2C=CC1C2. The van der Waals surface area contributed by atoms with E-state index in [-0.39, 0.29) is 0 Å². The molecule has 3 aromatic rings. The van der Waals surface area contributed by atoms with Gasteiger partial charge in [-0.15, -0.1) is 11.3 Å². The molecule has 1 aromatic heterocycles. The van der Waals surface area contributed by atoms with E-state index < -0.39 is 0 Å². The quantitative estimate of drug-likeness (QED) is 0.422. The minimum atomic E-state index is 0.556. The van der Waals surface area contributed by atoms with E-state index in [1.807, 2.05) is 17.8 Å². The van der Waals surface area contributed by atoms with Crippen molar-refractivity contribution >= 4 is 17.6 Å². The van der Waals surface area contributed by atoms with Crippen LogP contribution in [0.25, 0.3) is 22.4 Å². The lowest BCUT2D eigenvalue weighted by molar-refractivity contribution is 0.590. The monoisotopic (exact) mass is 385 g/mol. The smallest absolute Gasteiger partial charge is 0.205 e. The maximum atomic E-state index is 4.87. The number of aromatic nitrogens is 1. The van der Waals surface area contributed by atoms with Gasteiger partial charge < -0.3 is 0 Å². The van der Waals surface area contributed by atoms with Crippen LogP contribution in [0.15, 0.2) is 82.2 Å². The van der Waals surface area contributed by atoms with Gasteiger partial charge in [-0.05, 0) is 35.8 Å². The van der Waals surface area contributed by atoms with Gasteiger partial charge in [-0.3, -0.25) is 4.99 Å². The van der Waals surface area contributed by atoms with Crippen LogP contribution in [-0.2, 0) is 0 Å². The van der Waals surface area contributed by atoms with Crippen LogP contribution >= 0.6 is 11.3 Å². The fourth-order valence-corrected chi connectivity index (χ4v) is 5.18. The van der Waals surface area contributed by atoms with Crippen LogP contribution < -0.4 is 4.80 Å². The molecule has 3 unspecified atom stereocenters. The largest absolute Gasteiger partial charge is 0.261 e. The van der Waals surface area contributed by atoms with Crippen LogP contribution in [-0.4, -0.2) is 17.9 Å². The summed E-state index contributed by atoms with van der Waals surface area (Å²) in [5, 5.41) is 7.02. The molecule has 2 bridgehead atoms. The van der Waals surface area contributed by atoms with E-state index in [9.17, 15) is 0 Å². The van der Waals surface area contributed by atoms with Crippen molar-refractivity contribution < 1.29 is 0 Å². The number of hydrogen-bond acceptors (Lipinski definition) is 3. The molecule has 2 aromatic carbocycles. The first-order valence-corrected chi connectivity index (χ1v) is 10.7. The Hall–Kier alpha value is -2.72. The normalized spacial score (nSPS) is 23.9. The number of fused-ring (bicyclic) bond motifs is 2. The van der Waals surface area contributed by atoms with Gasteiger partial charge >= 0.3 is 0 Å². The number of benzene rings is 2. The van der Waals surface area contributed by atoms with E-state index in [0.717, 1.165) is 22.0 Å². The Morgan fingerprint density at radius 2 is 1.68 bits per heavy atom. The predicted octanol–water partition coefficient (Wildman–Crippen LogP) is 5.46. The summed E-state index contributed by atoms with van der Waals surface area (Å²) in [7, 11) is 1.83. The average molecular weight is 386 g/mol. The van der Waals surface area contributed by atoms with Crippen LogP contribution in [0.3, 0.4) is 0 Å². The number of nitrogens with zero attached hydrogens (tertiary/aromatic N) is 3. The van der Waals surface area contributed by atoms with Crippen molar-refractivity contribution in [3.63, 3.8) is 0 Å². The van der Waals surface area contributed by atoms with Crippen molar-refractivity contribution in [3.05, 3.63) is 76.9 Å². The summed E-state index contributed by atoms with van der Waals surface area (Å²) >= 11 is 1.64. The molecule has 140 valence electrons. The van der Waals surface area contributed by atoms with Gasteiger partial charge in [0.05, 0.1) is 5.69 Å². The lowest BCUT2D eigenvalue weighted by Crippen LogP contribution is -2.15. The van der Waals surface area contributed by atoms with Gasteiger partial charge in [-0.2, -0.15) is 5.10 Å². The van der Waals surface area contributed by atoms with Crippen molar-refractivity contribution in [2.75, 3.05) is 7.05 Å². The number of thiazole rings is 1. The Balaban J connectivity index is 1.46. The van der Waals surface area contributed by atoms with Crippen LogP contribution in [0, 0.1) is 17.8 Å². The summed E-state index contributed by atoms with van der Waals surface area (Å²) < 4.78 is 2.00. The van der Waals surface area contributed by atoms with Gasteiger partial charge in [-0.25, -0.2) is 4.68 Å². The molecule has 1 fully saturated rings. The zero-order chi connectivity index (χ0) is 18.9. The zero-order valence-corrected chi connectivity index (χ0v) is 16.7. The van der Waals surface area contributed by atoms with Crippen LogP contribution in [0.1, 0.15) is 12.8 Å². The predicted molar refractivity (Wildman–Crippen MR) is 117 cm³/mol. The van der Waals surface area contributed by atoms with Gasteiger partial charge in [0.25, 0.3) is 0 Å². The Labute approximate surface area is 169 Å².